The molecule has 0 radical (unpaired) electrons. The Bertz CT molecular complexity index is 372. The van der Waals surface area contributed by atoms with Gasteiger partial charge in [-0.25, -0.2) is 4.98 Å². The molecule has 1 fully saturated rings. The first-order valence-corrected chi connectivity index (χ1v) is 6.60. The molecule has 2 rings (SSSR count). The average Bonchev–Trinajstić information content (AvgIpc) is 2.32. The van der Waals surface area contributed by atoms with Crippen LogP contribution in [-0.4, -0.2) is 22.2 Å². The summed E-state index contributed by atoms with van der Waals surface area (Å²) in [5.74, 6) is 0. The molecule has 4 heteroatoms. The van der Waals surface area contributed by atoms with Gasteiger partial charge in [-0.15, -0.1) is 0 Å². The van der Waals surface area contributed by atoms with E-state index in [0.29, 0.717) is 5.15 Å². The SMILES string of the molecule is CC(NC1CCCCC1O)c1ccnc(Cl)c1. The second kappa shape index (κ2) is 5.80. The largest absolute Gasteiger partial charge is 0.392 e. The van der Waals surface area contributed by atoms with Crippen LogP contribution in [-0.2, 0) is 0 Å². The van der Waals surface area contributed by atoms with Gasteiger partial charge in [-0.2, -0.15) is 0 Å². The van der Waals surface area contributed by atoms with Gasteiger partial charge in [-0.05, 0) is 37.5 Å². The number of pyridine rings is 1. The van der Waals surface area contributed by atoms with E-state index < -0.39 is 0 Å². The molecule has 1 aromatic rings. The van der Waals surface area contributed by atoms with E-state index in [0.717, 1.165) is 24.8 Å². The maximum Gasteiger partial charge on any atom is 0.129 e. The Hall–Kier alpha value is -0.640. The van der Waals surface area contributed by atoms with Gasteiger partial charge in [0, 0.05) is 18.3 Å². The molecule has 3 atom stereocenters. The molecule has 0 aromatic carbocycles. The van der Waals surface area contributed by atoms with Crippen LogP contribution < -0.4 is 5.32 Å². The molecule has 0 saturated heterocycles. The summed E-state index contributed by atoms with van der Waals surface area (Å²) in [5.41, 5.74) is 1.11. The van der Waals surface area contributed by atoms with E-state index in [1.54, 1.807) is 6.20 Å². The Morgan fingerprint density at radius 2 is 2.24 bits per heavy atom. The number of aliphatic hydroxyl groups is 1. The minimum absolute atomic E-state index is 0.188. The lowest BCUT2D eigenvalue weighted by molar-refractivity contribution is 0.0860. The lowest BCUT2D eigenvalue weighted by Gasteiger charge is -2.31. The molecule has 1 heterocycles. The van der Waals surface area contributed by atoms with Gasteiger partial charge < -0.3 is 10.4 Å². The Balaban J connectivity index is 1.98. The highest BCUT2D eigenvalue weighted by molar-refractivity contribution is 6.29. The van der Waals surface area contributed by atoms with E-state index in [1.165, 1.54) is 6.42 Å². The quantitative estimate of drug-likeness (QED) is 0.816. The molecule has 0 spiro atoms. The third-order valence-electron chi connectivity index (χ3n) is 3.44. The Kier molecular flexibility index (Phi) is 4.37. The smallest absolute Gasteiger partial charge is 0.129 e. The predicted molar refractivity (Wildman–Crippen MR) is 69.1 cm³/mol. The maximum absolute atomic E-state index is 9.92. The van der Waals surface area contributed by atoms with Gasteiger partial charge >= 0.3 is 0 Å². The predicted octanol–water partition coefficient (Wildman–Crippen LogP) is 2.69. The van der Waals surface area contributed by atoms with Crippen LogP contribution in [0.25, 0.3) is 0 Å². The summed E-state index contributed by atoms with van der Waals surface area (Å²) in [7, 11) is 0. The summed E-state index contributed by atoms with van der Waals surface area (Å²) < 4.78 is 0. The average molecular weight is 255 g/mol. The van der Waals surface area contributed by atoms with Gasteiger partial charge in [-0.3, -0.25) is 0 Å². The van der Waals surface area contributed by atoms with Gasteiger partial charge in [-0.1, -0.05) is 24.4 Å². The fraction of sp³-hybridized carbons (Fsp3) is 0.615. The number of hydrogen-bond donors (Lipinski definition) is 2. The van der Waals surface area contributed by atoms with E-state index >= 15 is 0 Å². The van der Waals surface area contributed by atoms with Crippen LogP contribution in [0.2, 0.25) is 5.15 Å². The Morgan fingerprint density at radius 1 is 1.47 bits per heavy atom. The molecule has 17 heavy (non-hydrogen) atoms. The standard InChI is InChI=1S/C13H19ClN2O/c1-9(10-6-7-15-13(14)8-10)16-11-4-2-3-5-12(11)17/h6-9,11-12,16-17H,2-5H2,1H3. The van der Waals surface area contributed by atoms with Crippen molar-refractivity contribution in [3.63, 3.8) is 0 Å². The van der Waals surface area contributed by atoms with Gasteiger partial charge in [0.05, 0.1) is 6.10 Å². The molecule has 1 aliphatic carbocycles. The third kappa shape index (κ3) is 3.41. The number of hydrogen-bond acceptors (Lipinski definition) is 3. The molecule has 1 aliphatic rings. The molecule has 3 unspecified atom stereocenters. The molecule has 3 nitrogen and oxygen atoms in total. The molecule has 94 valence electrons. The lowest BCUT2D eigenvalue weighted by atomic mass is 9.91. The zero-order chi connectivity index (χ0) is 12.3. The van der Waals surface area contributed by atoms with Crippen molar-refractivity contribution in [2.45, 2.75) is 50.8 Å². The summed E-state index contributed by atoms with van der Waals surface area (Å²) in [6.07, 6.45) is 5.77. The number of nitrogens with one attached hydrogen (secondary N) is 1. The molecule has 1 aromatic heterocycles. The van der Waals surface area contributed by atoms with Crippen LogP contribution in [0.4, 0.5) is 0 Å². The van der Waals surface area contributed by atoms with E-state index in [-0.39, 0.29) is 18.2 Å². The highest BCUT2D eigenvalue weighted by Crippen LogP contribution is 2.22. The normalized spacial score (nSPS) is 26.8. The minimum Gasteiger partial charge on any atom is -0.392 e. The fourth-order valence-corrected chi connectivity index (χ4v) is 2.59. The van der Waals surface area contributed by atoms with Crippen molar-refractivity contribution in [2.75, 3.05) is 0 Å². The van der Waals surface area contributed by atoms with Gasteiger partial charge in [0.1, 0.15) is 5.15 Å². The van der Waals surface area contributed by atoms with Crippen LogP contribution in [0.3, 0.4) is 0 Å². The van der Waals surface area contributed by atoms with Crippen LogP contribution >= 0.6 is 11.6 Å². The second-order valence-corrected chi connectivity index (χ2v) is 5.15. The van der Waals surface area contributed by atoms with Crippen molar-refractivity contribution in [3.05, 3.63) is 29.0 Å². The Morgan fingerprint density at radius 3 is 2.94 bits per heavy atom. The van der Waals surface area contributed by atoms with Crippen molar-refractivity contribution in [1.29, 1.82) is 0 Å². The summed E-state index contributed by atoms with van der Waals surface area (Å²) in [6, 6.07) is 4.21. The summed E-state index contributed by atoms with van der Waals surface area (Å²) >= 11 is 5.87. The van der Waals surface area contributed by atoms with Crippen molar-refractivity contribution < 1.29 is 5.11 Å². The fourth-order valence-electron chi connectivity index (χ4n) is 2.41. The monoisotopic (exact) mass is 254 g/mol. The van der Waals surface area contributed by atoms with Gasteiger partial charge in [0.25, 0.3) is 0 Å². The van der Waals surface area contributed by atoms with E-state index in [2.05, 4.69) is 17.2 Å². The maximum atomic E-state index is 9.92. The molecule has 0 amide bonds. The lowest BCUT2D eigenvalue weighted by Crippen LogP contribution is -2.43. The Labute approximate surface area is 107 Å². The number of aromatic nitrogens is 1. The first kappa shape index (κ1) is 12.8. The van der Waals surface area contributed by atoms with Crippen molar-refractivity contribution >= 4 is 11.6 Å². The van der Waals surface area contributed by atoms with E-state index in [1.807, 2.05) is 12.1 Å². The number of nitrogens with zero attached hydrogens (tertiary/aromatic N) is 1. The zero-order valence-electron chi connectivity index (χ0n) is 10.1. The topological polar surface area (TPSA) is 45.1 Å². The summed E-state index contributed by atoms with van der Waals surface area (Å²) in [6.45, 7) is 2.09. The first-order chi connectivity index (χ1) is 8.16. The second-order valence-electron chi connectivity index (χ2n) is 4.76. The number of aliphatic hydroxyl groups excluding tert-OH is 1. The van der Waals surface area contributed by atoms with Crippen LogP contribution in [0.1, 0.15) is 44.2 Å². The van der Waals surface area contributed by atoms with Crippen LogP contribution in [0, 0.1) is 0 Å². The summed E-state index contributed by atoms with van der Waals surface area (Å²) in [5, 5.41) is 13.9. The number of rotatable bonds is 3. The van der Waals surface area contributed by atoms with Crippen molar-refractivity contribution in [2.24, 2.45) is 0 Å². The van der Waals surface area contributed by atoms with Crippen LogP contribution in [0.5, 0.6) is 0 Å². The van der Waals surface area contributed by atoms with Gasteiger partial charge in [0.15, 0.2) is 0 Å². The van der Waals surface area contributed by atoms with E-state index in [9.17, 15) is 5.11 Å². The molecule has 2 N–H and O–H groups in total. The van der Waals surface area contributed by atoms with Crippen molar-refractivity contribution in [3.8, 4) is 0 Å². The molecular weight excluding hydrogens is 236 g/mol. The molecule has 0 bridgehead atoms. The van der Waals surface area contributed by atoms with E-state index in [4.69, 9.17) is 11.6 Å². The first-order valence-electron chi connectivity index (χ1n) is 6.22. The van der Waals surface area contributed by atoms with Gasteiger partial charge in [0.2, 0.25) is 0 Å². The molecule has 0 aliphatic heterocycles. The molecular formula is C13H19ClN2O. The van der Waals surface area contributed by atoms with Crippen molar-refractivity contribution in [1.82, 2.24) is 10.3 Å². The minimum atomic E-state index is -0.219. The van der Waals surface area contributed by atoms with Crippen LogP contribution in [0.15, 0.2) is 18.3 Å². The summed E-state index contributed by atoms with van der Waals surface area (Å²) in [4.78, 5) is 3.97. The zero-order valence-corrected chi connectivity index (χ0v) is 10.8. The highest BCUT2D eigenvalue weighted by atomic mass is 35.5. The molecule has 1 saturated carbocycles. The highest BCUT2D eigenvalue weighted by Gasteiger charge is 2.24. The third-order valence-corrected chi connectivity index (χ3v) is 3.65. The number of halogens is 1.